The number of aryl methyl sites for hydroxylation is 1. The monoisotopic (exact) mass is 261 g/mol. The number of nitrogens with zero attached hydrogens (tertiary/aromatic N) is 1. The number of fused-ring (bicyclic) bond motifs is 1. The number of nitrogens with one attached hydrogen (secondary N) is 2. The minimum Gasteiger partial charge on any atom is -0.316 e. The Balaban J connectivity index is 1.84. The average Bonchev–Trinajstić information content (AvgIpc) is 2.81. The van der Waals surface area contributed by atoms with Crippen LogP contribution >= 0.6 is 0 Å². The van der Waals surface area contributed by atoms with Crippen molar-refractivity contribution in [2.45, 2.75) is 58.8 Å². The molecule has 106 valence electrons. The lowest BCUT2D eigenvalue weighted by Gasteiger charge is -2.34. The maximum Gasteiger partial charge on any atom is 0.0700 e. The van der Waals surface area contributed by atoms with Crippen molar-refractivity contribution >= 4 is 0 Å². The molecule has 1 aliphatic carbocycles. The molecule has 0 saturated carbocycles. The van der Waals surface area contributed by atoms with Crippen LogP contribution in [0, 0.1) is 11.3 Å². The third kappa shape index (κ3) is 2.58. The van der Waals surface area contributed by atoms with E-state index >= 15 is 0 Å². The molecule has 2 heterocycles. The Kier molecular flexibility index (Phi) is 3.42. The van der Waals surface area contributed by atoms with Crippen LogP contribution in [0.4, 0.5) is 0 Å². The van der Waals surface area contributed by atoms with E-state index < -0.39 is 0 Å². The summed E-state index contributed by atoms with van der Waals surface area (Å²) in [5.74, 6) is 1.43. The molecule has 0 radical (unpaired) electrons. The molecular formula is C16H27N3. The predicted octanol–water partition coefficient (Wildman–Crippen LogP) is 3.03. The number of hydrogen-bond donors (Lipinski definition) is 2. The lowest BCUT2D eigenvalue weighted by atomic mass is 9.71. The summed E-state index contributed by atoms with van der Waals surface area (Å²) in [6.45, 7) is 9.42. The van der Waals surface area contributed by atoms with Gasteiger partial charge in [-0.2, -0.15) is 5.10 Å². The van der Waals surface area contributed by atoms with Gasteiger partial charge in [0.2, 0.25) is 0 Å². The predicted molar refractivity (Wildman–Crippen MR) is 78.4 cm³/mol. The summed E-state index contributed by atoms with van der Waals surface area (Å²) in [7, 11) is 0. The van der Waals surface area contributed by atoms with E-state index in [2.05, 4.69) is 36.3 Å². The van der Waals surface area contributed by atoms with Crippen molar-refractivity contribution in [1.29, 1.82) is 0 Å². The molecule has 3 heteroatoms. The topological polar surface area (TPSA) is 40.7 Å². The van der Waals surface area contributed by atoms with Gasteiger partial charge >= 0.3 is 0 Å². The van der Waals surface area contributed by atoms with Crippen LogP contribution in [0.15, 0.2) is 0 Å². The second kappa shape index (κ2) is 4.93. The summed E-state index contributed by atoms with van der Waals surface area (Å²) in [5, 5.41) is 11.5. The van der Waals surface area contributed by atoms with Gasteiger partial charge in [-0.25, -0.2) is 0 Å². The summed E-state index contributed by atoms with van der Waals surface area (Å²) in [5.41, 5.74) is 4.76. The Labute approximate surface area is 116 Å². The Hall–Kier alpha value is -0.830. The Morgan fingerprint density at radius 1 is 1.21 bits per heavy atom. The van der Waals surface area contributed by atoms with Gasteiger partial charge in [-0.1, -0.05) is 20.8 Å². The van der Waals surface area contributed by atoms with Crippen LogP contribution in [0.3, 0.4) is 0 Å². The van der Waals surface area contributed by atoms with Gasteiger partial charge < -0.3 is 5.32 Å². The number of H-pyrrole nitrogens is 1. The van der Waals surface area contributed by atoms with Crippen molar-refractivity contribution in [3.05, 3.63) is 17.0 Å². The van der Waals surface area contributed by atoms with Crippen molar-refractivity contribution in [2.24, 2.45) is 11.3 Å². The lowest BCUT2D eigenvalue weighted by molar-refractivity contribution is 0.215. The molecular weight excluding hydrogens is 234 g/mol. The van der Waals surface area contributed by atoms with E-state index in [1.165, 1.54) is 50.0 Å². The molecule has 1 aromatic heterocycles. The maximum atomic E-state index is 4.67. The van der Waals surface area contributed by atoms with Crippen molar-refractivity contribution in [3.63, 3.8) is 0 Å². The van der Waals surface area contributed by atoms with Crippen molar-refractivity contribution in [2.75, 3.05) is 13.1 Å². The van der Waals surface area contributed by atoms with Crippen LogP contribution in [-0.2, 0) is 12.8 Å². The normalized spacial score (nSPS) is 28.2. The van der Waals surface area contributed by atoms with Gasteiger partial charge in [-0.05, 0) is 55.5 Å². The van der Waals surface area contributed by atoms with Gasteiger partial charge in [0, 0.05) is 18.2 Å². The maximum absolute atomic E-state index is 4.67. The zero-order valence-corrected chi connectivity index (χ0v) is 12.6. The van der Waals surface area contributed by atoms with Crippen LogP contribution in [0.1, 0.15) is 62.9 Å². The van der Waals surface area contributed by atoms with Crippen LogP contribution in [-0.4, -0.2) is 23.3 Å². The first kappa shape index (κ1) is 13.2. The quantitative estimate of drug-likeness (QED) is 0.816. The minimum atomic E-state index is 0.414. The van der Waals surface area contributed by atoms with Gasteiger partial charge in [-0.15, -0.1) is 0 Å². The number of aromatic nitrogens is 2. The number of rotatable bonds is 1. The van der Waals surface area contributed by atoms with Gasteiger partial charge in [-0.3, -0.25) is 5.10 Å². The third-order valence-corrected chi connectivity index (χ3v) is 5.09. The van der Waals surface area contributed by atoms with Gasteiger partial charge in [0.25, 0.3) is 0 Å². The van der Waals surface area contributed by atoms with Crippen molar-refractivity contribution in [1.82, 2.24) is 15.5 Å². The molecule has 0 bridgehead atoms. The number of hydrogen-bond acceptors (Lipinski definition) is 2. The zero-order chi connectivity index (χ0) is 13.5. The van der Waals surface area contributed by atoms with Gasteiger partial charge in [0.05, 0.1) is 5.69 Å². The first-order valence-corrected chi connectivity index (χ1v) is 7.82. The Morgan fingerprint density at radius 2 is 2.05 bits per heavy atom. The molecule has 2 aliphatic rings. The van der Waals surface area contributed by atoms with Gasteiger partial charge in [0.1, 0.15) is 0 Å². The molecule has 3 rings (SSSR count). The standard InChI is InChI=1S/C16H27N3/c1-16(2,3)12-6-7-14-13(9-12)15(19-18-14)11-5-4-8-17-10-11/h11-12,17H,4-10H2,1-3H3,(H,18,19). The second-order valence-electron chi connectivity index (χ2n) is 7.41. The summed E-state index contributed by atoms with van der Waals surface area (Å²) in [4.78, 5) is 0. The highest BCUT2D eigenvalue weighted by atomic mass is 15.1. The highest BCUT2D eigenvalue weighted by molar-refractivity contribution is 5.31. The molecule has 1 aliphatic heterocycles. The van der Waals surface area contributed by atoms with Crippen LogP contribution in [0.5, 0.6) is 0 Å². The smallest absolute Gasteiger partial charge is 0.0700 e. The fourth-order valence-corrected chi connectivity index (χ4v) is 3.68. The molecule has 1 fully saturated rings. The summed E-state index contributed by atoms with van der Waals surface area (Å²) in [6, 6.07) is 0. The number of aromatic amines is 1. The molecule has 0 aromatic carbocycles. The molecule has 19 heavy (non-hydrogen) atoms. The third-order valence-electron chi connectivity index (χ3n) is 5.09. The fourth-order valence-electron chi connectivity index (χ4n) is 3.68. The first-order chi connectivity index (χ1) is 9.05. The fraction of sp³-hybridized carbons (Fsp3) is 0.812. The highest BCUT2D eigenvalue weighted by Crippen LogP contribution is 2.39. The average molecular weight is 261 g/mol. The lowest BCUT2D eigenvalue weighted by Crippen LogP contribution is -2.30. The zero-order valence-electron chi connectivity index (χ0n) is 12.6. The molecule has 1 aromatic rings. The SMILES string of the molecule is CC(C)(C)C1CCc2[nH]nc(C3CCCNC3)c2C1. The molecule has 0 spiro atoms. The van der Waals surface area contributed by atoms with Crippen LogP contribution in [0.25, 0.3) is 0 Å². The van der Waals surface area contributed by atoms with E-state index in [0.717, 1.165) is 12.5 Å². The van der Waals surface area contributed by atoms with Crippen molar-refractivity contribution < 1.29 is 0 Å². The van der Waals surface area contributed by atoms with Gasteiger partial charge in [0.15, 0.2) is 0 Å². The van der Waals surface area contributed by atoms with Crippen LogP contribution < -0.4 is 5.32 Å². The minimum absolute atomic E-state index is 0.414. The molecule has 2 unspecified atom stereocenters. The summed E-state index contributed by atoms with van der Waals surface area (Å²) >= 11 is 0. The molecule has 2 N–H and O–H groups in total. The second-order valence-corrected chi connectivity index (χ2v) is 7.41. The van der Waals surface area contributed by atoms with E-state index in [0.29, 0.717) is 11.3 Å². The van der Waals surface area contributed by atoms with E-state index in [-0.39, 0.29) is 0 Å². The number of piperidine rings is 1. The Bertz CT molecular complexity index is 435. The van der Waals surface area contributed by atoms with Crippen molar-refractivity contribution in [3.8, 4) is 0 Å². The summed E-state index contributed by atoms with van der Waals surface area (Å²) < 4.78 is 0. The van der Waals surface area contributed by atoms with E-state index in [9.17, 15) is 0 Å². The van der Waals surface area contributed by atoms with E-state index in [1.54, 1.807) is 5.56 Å². The van der Waals surface area contributed by atoms with E-state index in [1.807, 2.05) is 0 Å². The summed E-state index contributed by atoms with van der Waals surface area (Å²) in [6.07, 6.45) is 6.30. The van der Waals surface area contributed by atoms with Crippen LogP contribution in [0.2, 0.25) is 0 Å². The molecule has 2 atom stereocenters. The molecule has 3 nitrogen and oxygen atoms in total. The van der Waals surface area contributed by atoms with E-state index in [4.69, 9.17) is 0 Å². The first-order valence-electron chi connectivity index (χ1n) is 7.82. The Morgan fingerprint density at radius 3 is 2.74 bits per heavy atom. The highest BCUT2D eigenvalue weighted by Gasteiger charge is 2.33. The largest absolute Gasteiger partial charge is 0.316 e. The molecule has 1 saturated heterocycles. The molecule has 0 amide bonds.